The van der Waals surface area contributed by atoms with E-state index < -0.39 is 0 Å². The molecule has 0 amide bonds. The molecule has 2 rings (SSSR count). The smallest absolute Gasteiger partial charge is 0.240 e. The summed E-state index contributed by atoms with van der Waals surface area (Å²) in [5.41, 5.74) is 5.46. The Morgan fingerprint density at radius 1 is 1.44 bits per heavy atom. The van der Waals surface area contributed by atoms with Gasteiger partial charge < -0.3 is 10.3 Å². The van der Waals surface area contributed by atoms with Gasteiger partial charge in [0.25, 0.3) is 0 Å². The average molecular weight is 275 g/mol. The molecular weight excluding hydrogens is 252 g/mol. The van der Waals surface area contributed by atoms with Crippen molar-refractivity contribution in [1.82, 2.24) is 15.0 Å². The maximum absolute atomic E-state index is 5.46. The van der Waals surface area contributed by atoms with Gasteiger partial charge in [-0.25, -0.2) is 0 Å². The molecule has 18 heavy (non-hydrogen) atoms. The Balaban J connectivity index is 0.00000162. The van der Waals surface area contributed by atoms with E-state index in [1.165, 1.54) is 19.3 Å². The predicted octanol–water partition coefficient (Wildman–Crippen LogP) is 1.96. The highest BCUT2D eigenvalue weighted by Gasteiger charge is 2.26. The Kier molecular flexibility index (Phi) is 6.05. The van der Waals surface area contributed by atoms with Crippen LogP contribution in [0.2, 0.25) is 0 Å². The van der Waals surface area contributed by atoms with Gasteiger partial charge in [-0.2, -0.15) is 4.98 Å². The molecule has 2 heterocycles. The van der Waals surface area contributed by atoms with Crippen molar-refractivity contribution < 1.29 is 4.52 Å². The Morgan fingerprint density at radius 2 is 2.22 bits per heavy atom. The fourth-order valence-corrected chi connectivity index (χ4v) is 2.59. The van der Waals surface area contributed by atoms with Gasteiger partial charge in [-0.15, -0.1) is 12.4 Å². The van der Waals surface area contributed by atoms with E-state index in [2.05, 4.69) is 28.9 Å². The van der Waals surface area contributed by atoms with Gasteiger partial charge in [-0.1, -0.05) is 25.4 Å². The Morgan fingerprint density at radius 3 is 2.83 bits per heavy atom. The first-order valence-electron chi connectivity index (χ1n) is 6.46. The Bertz CT molecular complexity index is 356. The quantitative estimate of drug-likeness (QED) is 0.909. The largest absolute Gasteiger partial charge is 0.338 e. The molecule has 1 aliphatic heterocycles. The van der Waals surface area contributed by atoms with E-state index in [1.807, 2.05) is 0 Å². The van der Waals surface area contributed by atoms with Crippen LogP contribution in [0.3, 0.4) is 0 Å². The summed E-state index contributed by atoms with van der Waals surface area (Å²) in [5, 5.41) is 3.97. The molecule has 1 aromatic heterocycles. The molecule has 0 radical (unpaired) electrons. The minimum absolute atomic E-state index is 0. The summed E-state index contributed by atoms with van der Waals surface area (Å²) in [5.74, 6) is 1.97. The molecule has 5 nitrogen and oxygen atoms in total. The topological polar surface area (TPSA) is 68.2 Å². The molecule has 6 heteroatoms. The van der Waals surface area contributed by atoms with Crippen molar-refractivity contribution in [3.63, 3.8) is 0 Å². The van der Waals surface area contributed by atoms with Gasteiger partial charge >= 0.3 is 0 Å². The second-order valence-electron chi connectivity index (χ2n) is 5.09. The maximum Gasteiger partial charge on any atom is 0.240 e. The van der Waals surface area contributed by atoms with Crippen molar-refractivity contribution in [2.75, 3.05) is 6.54 Å². The minimum atomic E-state index is 0. The highest BCUT2D eigenvalue weighted by Crippen LogP contribution is 2.24. The van der Waals surface area contributed by atoms with Gasteiger partial charge in [-0.3, -0.25) is 4.90 Å². The van der Waals surface area contributed by atoms with E-state index in [4.69, 9.17) is 10.3 Å². The van der Waals surface area contributed by atoms with Gasteiger partial charge in [0.05, 0.1) is 13.1 Å². The van der Waals surface area contributed by atoms with Crippen LogP contribution in [-0.2, 0) is 13.1 Å². The molecule has 1 saturated heterocycles. The third-order valence-electron chi connectivity index (χ3n) is 3.46. The third kappa shape index (κ3) is 3.67. The molecule has 0 bridgehead atoms. The van der Waals surface area contributed by atoms with E-state index in [0.717, 1.165) is 18.9 Å². The van der Waals surface area contributed by atoms with Crippen LogP contribution in [0.5, 0.6) is 0 Å². The molecule has 104 valence electrons. The number of aromatic nitrogens is 2. The Hall–Kier alpha value is -0.650. The van der Waals surface area contributed by atoms with Crippen LogP contribution in [0.1, 0.15) is 44.8 Å². The minimum Gasteiger partial charge on any atom is -0.338 e. The van der Waals surface area contributed by atoms with Crippen LogP contribution >= 0.6 is 12.4 Å². The summed E-state index contributed by atoms with van der Waals surface area (Å²) in [6.45, 7) is 6.80. The third-order valence-corrected chi connectivity index (χ3v) is 3.46. The molecular formula is C12H23ClN4O. The van der Waals surface area contributed by atoms with Crippen LogP contribution in [0, 0.1) is 5.92 Å². The van der Waals surface area contributed by atoms with Crippen LogP contribution in [0.4, 0.5) is 0 Å². The van der Waals surface area contributed by atoms with Crippen LogP contribution < -0.4 is 5.73 Å². The molecule has 2 N–H and O–H groups in total. The zero-order chi connectivity index (χ0) is 12.3. The van der Waals surface area contributed by atoms with E-state index in [9.17, 15) is 0 Å². The average Bonchev–Trinajstić information content (AvgIpc) is 2.77. The summed E-state index contributed by atoms with van der Waals surface area (Å²) < 4.78 is 5.04. The van der Waals surface area contributed by atoms with Gasteiger partial charge in [0.1, 0.15) is 0 Å². The van der Waals surface area contributed by atoms with Crippen molar-refractivity contribution in [3.05, 3.63) is 11.7 Å². The second kappa shape index (κ2) is 7.07. The SMILES string of the molecule is CC(C)C1CCCCN1Cc1noc(CN)n1.Cl. The number of hydrogen-bond acceptors (Lipinski definition) is 5. The molecule has 1 aliphatic rings. The normalized spacial score (nSPS) is 21.0. The zero-order valence-corrected chi connectivity index (χ0v) is 11.9. The molecule has 0 aliphatic carbocycles. The first-order chi connectivity index (χ1) is 8.20. The lowest BCUT2D eigenvalue weighted by Gasteiger charge is -2.37. The molecule has 0 spiro atoms. The Labute approximate surface area is 115 Å². The summed E-state index contributed by atoms with van der Waals surface area (Å²) in [4.78, 5) is 6.74. The molecule has 0 aromatic carbocycles. The fraction of sp³-hybridized carbons (Fsp3) is 0.833. The molecule has 0 saturated carbocycles. The molecule has 1 unspecified atom stereocenters. The van der Waals surface area contributed by atoms with Crippen molar-refractivity contribution in [2.45, 2.75) is 52.2 Å². The van der Waals surface area contributed by atoms with E-state index in [-0.39, 0.29) is 12.4 Å². The highest BCUT2D eigenvalue weighted by atomic mass is 35.5. The predicted molar refractivity (Wildman–Crippen MR) is 72.3 cm³/mol. The van der Waals surface area contributed by atoms with Gasteiger partial charge in [0.15, 0.2) is 5.82 Å². The first kappa shape index (κ1) is 15.4. The van der Waals surface area contributed by atoms with Crippen LogP contribution in [-0.4, -0.2) is 27.6 Å². The molecule has 1 fully saturated rings. The van der Waals surface area contributed by atoms with E-state index in [0.29, 0.717) is 24.4 Å². The summed E-state index contributed by atoms with van der Waals surface area (Å²) in [6.07, 6.45) is 3.88. The van der Waals surface area contributed by atoms with Crippen molar-refractivity contribution in [1.29, 1.82) is 0 Å². The van der Waals surface area contributed by atoms with Gasteiger partial charge in [0.2, 0.25) is 5.89 Å². The number of rotatable bonds is 4. The van der Waals surface area contributed by atoms with Crippen LogP contribution in [0.25, 0.3) is 0 Å². The first-order valence-corrected chi connectivity index (χ1v) is 6.46. The van der Waals surface area contributed by atoms with Crippen molar-refractivity contribution in [2.24, 2.45) is 11.7 Å². The number of nitrogens with zero attached hydrogens (tertiary/aromatic N) is 3. The van der Waals surface area contributed by atoms with Gasteiger partial charge in [-0.05, 0) is 25.3 Å². The number of halogens is 1. The van der Waals surface area contributed by atoms with Crippen LogP contribution in [0.15, 0.2) is 4.52 Å². The van der Waals surface area contributed by atoms with Crippen molar-refractivity contribution >= 4 is 12.4 Å². The van der Waals surface area contributed by atoms with Crippen molar-refractivity contribution in [3.8, 4) is 0 Å². The highest BCUT2D eigenvalue weighted by molar-refractivity contribution is 5.85. The number of piperidine rings is 1. The maximum atomic E-state index is 5.46. The summed E-state index contributed by atoms with van der Waals surface area (Å²) in [6, 6.07) is 0.642. The monoisotopic (exact) mass is 274 g/mol. The lowest BCUT2D eigenvalue weighted by Crippen LogP contribution is -2.42. The fourth-order valence-electron chi connectivity index (χ4n) is 2.59. The molecule has 1 aromatic rings. The lowest BCUT2D eigenvalue weighted by molar-refractivity contribution is 0.101. The zero-order valence-electron chi connectivity index (χ0n) is 11.1. The van der Waals surface area contributed by atoms with E-state index in [1.54, 1.807) is 0 Å². The number of nitrogens with two attached hydrogens (primary N) is 1. The number of likely N-dealkylation sites (tertiary alicyclic amines) is 1. The van der Waals surface area contributed by atoms with E-state index >= 15 is 0 Å². The lowest BCUT2D eigenvalue weighted by atomic mass is 9.93. The number of hydrogen-bond donors (Lipinski definition) is 1. The summed E-state index contributed by atoms with van der Waals surface area (Å²) in [7, 11) is 0. The molecule has 1 atom stereocenters. The summed E-state index contributed by atoms with van der Waals surface area (Å²) >= 11 is 0. The standard InChI is InChI=1S/C12H22N4O.ClH/c1-9(2)10-5-3-4-6-16(10)8-11-14-12(7-13)17-15-11;/h9-10H,3-8,13H2,1-2H3;1H. The van der Waals surface area contributed by atoms with Gasteiger partial charge in [0, 0.05) is 6.04 Å². The second-order valence-corrected chi connectivity index (χ2v) is 5.09.